The zero-order chi connectivity index (χ0) is 11.4. The van der Waals surface area contributed by atoms with Crippen molar-refractivity contribution in [3.8, 4) is 5.75 Å². The molecule has 4 nitrogen and oxygen atoms in total. The van der Waals surface area contributed by atoms with E-state index < -0.39 is 5.82 Å². The average Bonchev–Trinajstić information content (AvgIpc) is 2.15. The number of amides is 1. The number of hydrogen-bond donors (Lipinski definition) is 1. The van der Waals surface area contributed by atoms with Crippen LogP contribution in [-0.2, 0) is 4.79 Å². The lowest BCUT2D eigenvalue weighted by atomic mass is 10.2. The van der Waals surface area contributed by atoms with Crippen LogP contribution >= 0.6 is 0 Å². The lowest BCUT2D eigenvalue weighted by molar-refractivity contribution is -0.114. The molecule has 1 rings (SSSR count). The molecule has 1 aromatic carbocycles. The van der Waals surface area contributed by atoms with Gasteiger partial charge in [0.15, 0.2) is 17.9 Å². The third kappa shape index (κ3) is 2.52. The Labute approximate surface area is 86.0 Å². The number of anilines is 1. The summed E-state index contributed by atoms with van der Waals surface area (Å²) in [6.07, 6.45) is 0.466. The standard InChI is InChI=1S/C10H10FNO3/c1-6(14)12-8-3-7(5-13)10(15-2)9(11)4-8/h3-5H,1-2H3,(H,12,14). The summed E-state index contributed by atoms with van der Waals surface area (Å²) in [6, 6.07) is 2.43. The number of aldehydes is 1. The van der Waals surface area contributed by atoms with E-state index in [-0.39, 0.29) is 22.9 Å². The van der Waals surface area contributed by atoms with Gasteiger partial charge in [-0.3, -0.25) is 9.59 Å². The van der Waals surface area contributed by atoms with Crippen molar-refractivity contribution in [2.75, 3.05) is 12.4 Å². The topological polar surface area (TPSA) is 55.4 Å². The van der Waals surface area contributed by atoms with Crippen molar-refractivity contribution >= 4 is 17.9 Å². The fourth-order valence-electron chi connectivity index (χ4n) is 1.19. The largest absolute Gasteiger partial charge is 0.493 e. The molecular formula is C10H10FNO3. The molecule has 5 heteroatoms. The molecule has 1 N–H and O–H groups in total. The Kier molecular flexibility index (Phi) is 3.38. The summed E-state index contributed by atoms with van der Waals surface area (Å²) in [7, 11) is 1.27. The molecule has 0 unspecified atom stereocenters. The third-order valence-corrected chi connectivity index (χ3v) is 1.72. The highest BCUT2D eigenvalue weighted by Crippen LogP contribution is 2.25. The fourth-order valence-corrected chi connectivity index (χ4v) is 1.19. The molecular weight excluding hydrogens is 201 g/mol. The summed E-state index contributed by atoms with van der Waals surface area (Å²) in [5.74, 6) is -1.15. The van der Waals surface area contributed by atoms with Gasteiger partial charge in [-0.25, -0.2) is 4.39 Å². The van der Waals surface area contributed by atoms with Crippen LogP contribution in [0.2, 0.25) is 0 Å². The van der Waals surface area contributed by atoms with Crippen LogP contribution in [0.15, 0.2) is 12.1 Å². The molecule has 0 fully saturated rings. The number of ether oxygens (including phenoxy) is 1. The van der Waals surface area contributed by atoms with Crippen LogP contribution in [0.1, 0.15) is 17.3 Å². The van der Waals surface area contributed by atoms with Gasteiger partial charge in [-0.2, -0.15) is 0 Å². The van der Waals surface area contributed by atoms with E-state index in [1.54, 1.807) is 0 Å². The first-order valence-electron chi connectivity index (χ1n) is 4.18. The highest BCUT2D eigenvalue weighted by atomic mass is 19.1. The van der Waals surface area contributed by atoms with Crippen LogP contribution in [0.25, 0.3) is 0 Å². The van der Waals surface area contributed by atoms with Crippen LogP contribution in [0.5, 0.6) is 5.75 Å². The van der Waals surface area contributed by atoms with E-state index in [9.17, 15) is 14.0 Å². The van der Waals surface area contributed by atoms with Crippen LogP contribution in [0, 0.1) is 5.82 Å². The first-order valence-corrected chi connectivity index (χ1v) is 4.18. The van der Waals surface area contributed by atoms with Gasteiger partial charge >= 0.3 is 0 Å². The molecule has 0 saturated carbocycles. The van der Waals surface area contributed by atoms with E-state index in [2.05, 4.69) is 5.32 Å². The number of rotatable bonds is 3. The van der Waals surface area contributed by atoms with Crippen LogP contribution in [0.4, 0.5) is 10.1 Å². The van der Waals surface area contributed by atoms with E-state index in [4.69, 9.17) is 4.74 Å². The first kappa shape index (κ1) is 11.2. The van der Waals surface area contributed by atoms with Gasteiger partial charge in [0.2, 0.25) is 5.91 Å². The number of hydrogen-bond acceptors (Lipinski definition) is 3. The molecule has 0 heterocycles. The maximum atomic E-state index is 13.3. The number of benzene rings is 1. The van der Waals surface area contributed by atoms with Crippen LogP contribution in [-0.4, -0.2) is 19.3 Å². The Morgan fingerprint density at radius 1 is 1.53 bits per heavy atom. The van der Waals surface area contributed by atoms with Crippen molar-refractivity contribution < 1.29 is 18.7 Å². The van der Waals surface area contributed by atoms with Crippen molar-refractivity contribution in [3.63, 3.8) is 0 Å². The molecule has 0 aliphatic carbocycles. The molecule has 0 atom stereocenters. The minimum Gasteiger partial charge on any atom is -0.493 e. The van der Waals surface area contributed by atoms with E-state index in [1.165, 1.54) is 20.1 Å². The van der Waals surface area contributed by atoms with Gasteiger partial charge < -0.3 is 10.1 Å². The Morgan fingerprint density at radius 3 is 2.67 bits per heavy atom. The number of nitrogens with one attached hydrogen (secondary N) is 1. The normalized spacial score (nSPS) is 9.53. The first-order chi connectivity index (χ1) is 7.08. The van der Waals surface area contributed by atoms with Gasteiger partial charge in [0, 0.05) is 18.7 Å². The number of carbonyl (C=O) groups excluding carboxylic acids is 2. The third-order valence-electron chi connectivity index (χ3n) is 1.72. The number of carbonyl (C=O) groups is 2. The van der Waals surface area contributed by atoms with Gasteiger partial charge in [-0.1, -0.05) is 0 Å². The summed E-state index contributed by atoms with van der Waals surface area (Å²) in [5.41, 5.74) is 0.282. The second-order valence-electron chi connectivity index (χ2n) is 2.88. The van der Waals surface area contributed by atoms with Crippen LogP contribution in [0.3, 0.4) is 0 Å². The molecule has 15 heavy (non-hydrogen) atoms. The highest BCUT2D eigenvalue weighted by molar-refractivity contribution is 5.91. The zero-order valence-corrected chi connectivity index (χ0v) is 8.33. The molecule has 0 aliphatic heterocycles. The monoisotopic (exact) mass is 211 g/mol. The van der Waals surface area contributed by atoms with Crippen molar-refractivity contribution in [2.45, 2.75) is 6.92 Å². The second-order valence-corrected chi connectivity index (χ2v) is 2.88. The summed E-state index contributed by atoms with van der Waals surface area (Å²) in [5, 5.41) is 2.38. The Bertz CT molecular complexity index is 404. The van der Waals surface area contributed by atoms with Gasteiger partial charge in [-0.05, 0) is 6.07 Å². The SMILES string of the molecule is COc1c(F)cc(NC(C)=O)cc1C=O. The maximum absolute atomic E-state index is 13.3. The predicted molar refractivity (Wildman–Crippen MR) is 52.6 cm³/mol. The molecule has 1 aromatic rings. The van der Waals surface area contributed by atoms with E-state index in [1.807, 2.05) is 0 Å². The zero-order valence-electron chi connectivity index (χ0n) is 8.33. The lowest BCUT2D eigenvalue weighted by Gasteiger charge is -2.08. The van der Waals surface area contributed by atoms with Crippen molar-refractivity contribution in [2.24, 2.45) is 0 Å². The smallest absolute Gasteiger partial charge is 0.221 e. The van der Waals surface area contributed by atoms with Gasteiger partial charge in [0.05, 0.1) is 12.7 Å². The van der Waals surface area contributed by atoms with Crippen molar-refractivity contribution in [3.05, 3.63) is 23.5 Å². The van der Waals surface area contributed by atoms with Gasteiger partial charge in [0.1, 0.15) is 0 Å². The van der Waals surface area contributed by atoms with Crippen molar-refractivity contribution in [1.82, 2.24) is 0 Å². The number of halogens is 1. The van der Waals surface area contributed by atoms with E-state index in [0.29, 0.717) is 6.29 Å². The molecule has 0 spiro atoms. The van der Waals surface area contributed by atoms with E-state index in [0.717, 1.165) is 6.07 Å². The molecule has 0 radical (unpaired) electrons. The lowest BCUT2D eigenvalue weighted by Crippen LogP contribution is -2.07. The summed E-state index contributed by atoms with van der Waals surface area (Å²) in [4.78, 5) is 21.3. The highest BCUT2D eigenvalue weighted by Gasteiger charge is 2.11. The number of methoxy groups -OCH3 is 1. The predicted octanol–water partition coefficient (Wildman–Crippen LogP) is 1.61. The maximum Gasteiger partial charge on any atom is 0.221 e. The van der Waals surface area contributed by atoms with Crippen LogP contribution < -0.4 is 10.1 Å². The fraction of sp³-hybridized carbons (Fsp3) is 0.200. The summed E-state index contributed by atoms with van der Waals surface area (Å²) in [6.45, 7) is 1.29. The molecule has 0 bridgehead atoms. The summed E-state index contributed by atoms with van der Waals surface area (Å²) < 4.78 is 18.0. The Balaban J connectivity index is 3.19. The minimum absolute atomic E-state index is 0.0567. The molecule has 0 aliphatic rings. The average molecular weight is 211 g/mol. The molecule has 0 saturated heterocycles. The summed E-state index contributed by atoms with van der Waals surface area (Å²) >= 11 is 0. The Morgan fingerprint density at radius 2 is 2.20 bits per heavy atom. The van der Waals surface area contributed by atoms with Gasteiger partial charge in [-0.15, -0.1) is 0 Å². The van der Waals surface area contributed by atoms with E-state index >= 15 is 0 Å². The molecule has 0 aromatic heterocycles. The van der Waals surface area contributed by atoms with Gasteiger partial charge in [0.25, 0.3) is 0 Å². The molecule has 80 valence electrons. The minimum atomic E-state index is -0.689. The quantitative estimate of drug-likeness (QED) is 0.772. The van der Waals surface area contributed by atoms with Crippen molar-refractivity contribution in [1.29, 1.82) is 0 Å². The second kappa shape index (κ2) is 4.54. The molecule has 1 amide bonds. The Hall–Kier alpha value is -1.91.